The van der Waals surface area contributed by atoms with Crippen LogP contribution < -0.4 is 5.43 Å². The number of carbonyl (C=O) groups is 2. The van der Waals surface area contributed by atoms with E-state index in [1.165, 1.54) is 29.6 Å². The number of benzene rings is 1. The maximum absolute atomic E-state index is 13.1. The molecule has 2 aromatic rings. The number of aromatic nitrogens is 1. The highest BCUT2D eigenvalue weighted by Crippen LogP contribution is 2.20. The van der Waals surface area contributed by atoms with Gasteiger partial charge in [-0.1, -0.05) is 0 Å². The Hall–Kier alpha value is -2.67. The van der Waals surface area contributed by atoms with Crippen LogP contribution in [-0.2, 0) is 9.63 Å². The lowest BCUT2D eigenvalue weighted by atomic mass is 10.1. The lowest BCUT2D eigenvalue weighted by Gasteiger charge is -2.15. The minimum Gasteiger partial charge on any atom is -0.391 e. The SMILES string of the molecule is CC1=CCN(NC(=O)C(=O)c2c[nH]c3cc(F)ccc23)O1. The van der Waals surface area contributed by atoms with Crippen LogP contribution in [0.15, 0.2) is 36.2 Å². The Balaban J connectivity index is 1.79. The van der Waals surface area contributed by atoms with Gasteiger partial charge < -0.3 is 9.82 Å². The molecule has 1 aliphatic rings. The van der Waals surface area contributed by atoms with Crippen molar-refractivity contribution >= 4 is 22.6 Å². The second kappa shape index (κ2) is 5.02. The Morgan fingerprint density at radius 2 is 2.24 bits per heavy atom. The topological polar surface area (TPSA) is 74.4 Å². The third-order valence-electron chi connectivity index (χ3n) is 3.12. The van der Waals surface area contributed by atoms with Crippen molar-refractivity contribution in [2.75, 3.05) is 6.54 Å². The number of hydrazine groups is 1. The molecule has 108 valence electrons. The zero-order valence-corrected chi connectivity index (χ0v) is 11.1. The lowest BCUT2D eigenvalue weighted by molar-refractivity contribution is -0.155. The summed E-state index contributed by atoms with van der Waals surface area (Å²) in [5, 5.41) is 1.66. The number of hydroxylamine groups is 1. The number of aromatic amines is 1. The molecule has 1 aliphatic heterocycles. The number of nitrogens with zero attached hydrogens (tertiary/aromatic N) is 1. The highest BCUT2D eigenvalue weighted by atomic mass is 19.1. The molecule has 0 radical (unpaired) electrons. The van der Waals surface area contributed by atoms with E-state index in [9.17, 15) is 14.0 Å². The molecule has 6 nitrogen and oxygen atoms in total. The van der Waals surface area contributed by atoms with Gasteiger partial charge in [0.05, 0.1) is 12.1 Å². The number of ketones is 1. The summed E-state index contributed by atoms with van der Waals surface area (Å²) >= 11 is 0. The second-order valence-electron chi connectivity index (χ2n) is 4.63. The summed E-state index contributed by atoms with van der Waals surface area (Å²) in [7, 11) is 0. The molecule has 0 fully saturated rings. The van der Waals surface area contributed by atoms with Crippen LogP contribution in [0.1, 0.15) is 17.3 Å². The predicted molar refractivity (Wildman–Crippen MR) is 72.3 cm³/mol. The van der Waals surface area contributed by atoms with Crippen molar-refractivity contribution in [3.8, 4) is 0 Å². The van der Waals surface area contributed by atoms with Gasteiger partial charge in [0.25, 0.3) is 5.78 Å². The van der Waals surface area contributed by atoms with Crippen molar-refractivity contribution in [3.05, 3.63) is 47.6 Å². The molecule has 0 aliphatic carbocycles. The third-order valence-corrected chi connectivity index (χ3v) is 3.12. The standard InChI is InChI=1S/C14H12FN3O3/c1-8-4-5-18(21-8)17-14(20)13(19)11-7-16-12-6-9(15)2-3-10(11)12/h2-4,6-7,16H,5H2,1H3,(H,17,20). The highest BCUT2D eigenvalue weighted by Gasteiger charge is 2.24. The van der Waals surface area contributed by atoms with Gasteiger partial charge >= 0.3 is 5.91 Å². The second-order valence-corrected chi connectivity index (χ2v) is 4.63. The molecule has 0 saturated carbocycles. The Labute approximate surface area is 119 Å². The van der Waals surface area contributed by atoms with E-state index in [0.29, 0.717) is 23.2 Å². The van der Waals surface area contributed by atoms with E-state index in [-0.39, 0.29) is 5.56 Å². The van der Waals surface area contributed by atoms with Crippen molar-refractivity contribution in [1.82, 2.24) is 15.6 Å². The van der Waals surface area contributed by atoms with Gasteiger partial charge in [-0.05, 0) is 36.4 Å². The smallest absolute Gasteiger partial charge is 0.309 e. The average molecular weight is 289 g/mol. The molecule has 7 heteroatoms. The number of hydrogen-bond donors (Lipinski definition) is 2. The number of halogens is 1. The fraction of sp³-hybridized carbons (Fsp3) is 0.143. The summed E-state index contributed by atoms with van der Waals surface area (Å²) in [6, 6.07) is 3.96. The number of H-pyrrole nitrogens is 1. The molecule has 1 aromatic carbocycles. The molecular weight excluding hydrogens is 277 g/mol. The van der Waals surface area contributed by atoms with E-state index in [4.69, 9.17) is 4.84 Å². The Morgan fingerprint density at radius 1 is 1.43 bits per heavy atom. The van der Waals surface area contributed by atoms with Crippen molar-refractivity contribution in [3.63, 3.8) is 0 Å². The molecule has 0 saturated heterocycles. The molecule has 1 amide bonds. The Kier molecular flexibility index (Phi) is 3.19. The van der Waals surface area contributed by atoms with Gasteiger partial charge in [-0.3, -0.25) is 9.59 Å². The average Bonchev–Trinajstić information content (AvgIpc) is 3.03. The molecule has 0 atom stereocenters. The number of rotatable bonds is 3. The molecule has 0 spiro atoms. The fourth-order valence-electron chi connectivity index (χ4n) is 2.10. The quantitative estimate of drug-likeness (QED) is 0.666. The first kappa shape index (κ1) is 13.3. The van der Waals surface area contributed by atoms with Gasteiger partial charge in [0.15, 0.2) is 0 Å². The van der Waals surface area contributed by atoms with Gasteiger partial charge in [0.1, 0.15) is 11.6 Å². The highest BCUT2D eigenvalue weighted by molar-refractivity contribution is 6.44. The van der Waals surface area contributed by atoms with Crippen LogP contribution in [0.25, 0.3) is 10.9 Å². The zero-order valence-electron chi connectivity index (χ0n) is 11.1. The molecule has 0 bridgehead atoms. The maximum Gasteiger partial charge on any atom is 0.309 e. The van der Waals surface area contributed by atoms with Crippen molar-refractivity contribution < 1.29 is 18.8 Å². The van der Waals surface area contributed by atoms with Gasteiger partial charge in [0, 0.05) is 17.1 Å². The van der Waals surface area contributed by atoms with E-state index in [1.54, 1.807) is 13.0 Å². The van der Waals surface area contributed by atoms with Gasteiger partial charge in [-0.2, -0.15) is 0 Å². The summed E-state index contributed by atoms with van der Waals surface area (Å²) in [6.07, 6.45) is 3.15. The van der Waals surface area contributed by atoms with E-state index in [0.717, 1.165) is 0 Å². The van der Waals surface area contributed by atoms with E-state index in [2.05, 4.69) is 10.4 Å². The van der Waals surface area contributed by atoms with Crippen LogP contribution in [0.4, 0.5) is 4.39 Å². The monoisotopic (exact) mass is 289 g/mol. The molecule has 1 aromatic heterocycles. The zero-order chi connectivity index (χ0) is 15.0. The van der Waals surface area contributed by atoms with Gasteiger partial charge in [-0.25, -0.2) is 9.82 Å². The lowest BCUT2D eigenvalue weighted by Crippen LogP contribution is -2.43. The maximum atomic E-state index is 13.1. The summed E-state index contributed by atoms with van der Waals surface area (Å²) < 4.78 is 13.1. The van der Waals surface area contributed by atoms with Crippen LogP contribution in [0.5, 0.6) is 0 Å². The molecule has 2 N–H and O–H groups in total. The minimum absolute atomic E-state index is 0.186. The normalized spacial score (nSPS) is 14.9. The summed E-state index contributed by atoms with van der Waals surface area (Å²) in [5.41, 5.74) is 3.00. The van der Waals surface area contributed by atoms with E-state index < -0.39 is 17.5 Å². The van der Waals surface area contributed by atoms with Crippen molar-refractivity contribution in [2.45, 2.75) is 6.92 Å². The van der Waals surface area contributed by atoms with Crippen molar-refractivity contribution in [2.24, 2.45) is 0 Å². The Morgan fingerprint density at radius 3 is 2.95 bits per heavy atom. The molecule has 2 heterocycles. The van der Waals surface area contributed by atoms with Crippen LogP contribution in [0.2, 0.25) is 0 Å². The van der Waals surface area contributed by atoms with E-state index >= 15 is 0 Å². The Bertz CT molecular complexity index is 766. The van der Waals surface area contributed by atoms with Crippen LogP contribution in [0.3, 0.4) is 0 Å². The molecule has 0 unspecified atom stereocenters. The molecule has 21 heavy (non-hydrogen) atoms. The van der Waals surface area contributed by atoms with Gasteiger partial charge in [-0.15, -0.1) is 0 Å². The molecule has 3 rings (SSSR count). The summed E-state index contributed by atoms with van der Waals surface area (Å²) in [6.45, 7) is 2.10. The van der Waals surface area contributed by atoms with Crippen LogP contribution >= 0.6 is 0 Å². The molecular formula is C14H12FN3O3. The summed E-state index contributed by atoms with van der Waals surface area (Å²) in [5.74, 6) is -1.31. The number of allylic oxidation sites excluding steroid dienone is 1. The minimum atomic E-state index is -0.816. The number of fused-ring (bicyclic) bond motifs is 1. The summed E-state index contributed by atoms with van der Waals surface area (Å²) in [4.78, 5) is 32.0. The first-order valence-corrected chi connectivity index (χ1v) is 6.29. The number of Topliss-reactive ketones (excluding diaryl/α,β-unsaturated/α-hetero) is 1. The number of hydrogen-bond acceptors (Lipinski definition) is 4. The predicted octanol–water partition coefficient (Wildman–Crippen LogP) is 1.67. The number of amides is 1. The first-order chi connectivity index (χ1) is 10.0. The largest absolute Gasteiger partial charge is 0.391 e. The van der Waals surface area contributed by atoms with Crippen LogP contribution in [-0.4, -0.2) is 28.4 Å². The fourth-order valence-corrected chi connectivity index (χ4v) is 2.10. The first-order valence-electron chi connectivity index (χ1n) is 6.29. The van der Waals surface area contributed by atoms with Crippen molar-refractivity contribution in [1.29, 1.82) is 0 Å². The number of carbonyl (C=O) groups excluding carboxylic acids is 2. The van der Waals surface area contributed by atoms with Gasteiger partial charge in [0.2, 0.25) is 0 Å². The number of nitrogens with one attached hydrogen (secondary N) is 2. The third kappa shape index (κ3) is 2.50. The van der Waals surface area contributed by atoms with E-state index in [1.807, 2.05) is 0 Å². The van der Waals surface area contributed by atoms with Crippen LogP contribution in [0, 0.1) is 5.82 Å².